The van der Waals surface area contributed by atoms with Gasteiger partial charge in [-0.15, -0.1) is 0 Å². The van der Waals surface area contributed by atoms with Gasteiger partial charge in [-0.25, -0.2) is 4.79 Å². The Morgan fingerprint density at radius 3 is 2.58 bits per heavy atom. The average molecular weight is 326 g/mol. The monoisotopic (exact) mass is 326 g/mol. The Morgan fingerprint density at radius 2 is 1.83 bits per heavy atom. The van der Waals surface area contributed by atoms with Crippen LogP contribution in [0.4, 0.5) is 5.69 Å². The van der Waals surface area contributed by atoms with Gasteiger partial charge >= 0.3 is 5.97 Å². The number of carbonyl (C=O) groups excluding carboxylic acids is 1. The Morgan fingerprint density at radius 1 is 1.08 bits per heavy atom. The molecule has 3 rings (SSSR count). The summed E-state index contributed by atoms with van der Waals surface area (Å²) in [6, 6.07) is 10.9. The first-order valence-electron chi connectivity index (χ1n) is 8.32. The smallest absolute Gasteiger partial charge is 0.339 e. The van der Waals surface area contributed by atoms with E-state index in [1.807, 2.05) is 18.2 Å². The maximum Gasteiger partial charge on any atom is 0.339 e. The van der Waals surface area contributed by atoms with Gasteiger partial charge in [0.2, 0.25) is 5.56 Å². The number of para-hydroxylation sites is 1. The lowest BCUT2D eigenvalue weighted by atomic mass is 10.1. The first kappa shape index (κ1) is 16.3. The summed E-state index contributed by atoms with van der Waals surface area (Å²) in [4.78, 5) is 26.0. The zero-order valence-corrected chi connectivity index (χ0v) is 13.9. The number of ether oxygens (including phenoxy) is 1. The number of pyridine rings is 1. The van der Waals surface area contributed by atoms with Gasteiger partial charge in [-0.2, -0.15) is 0 Å². The Labute approximate surface area is 141 Å². The molecule has 0 aliphatic carbocycles. The van der Waals surface area contributed by atoms with Gasteiger partial charge in [-0.3, -0.25) is 4.79 Å². The average Bonchev–Trinajstić information content (AvgIpc) is 2.63. The second kappa shape index (κ2) is 7.34. The standard InChI is InChI=1S/C19H22N2O3/c1-20-13-15(9-10-18(20)22)19(23)24-14-16-7-3-4-8-17(16)21-11-5-2-6-12-21/h3-4,7-10,13H,2,5-6,11-12,14H2,1H3. The number of esters is 1. The quantitative estimate of drug-likeness (QED) is 0.811. The van der Waals surface area contributed by atoms with Gasteiger partial charge in [-0.05, 0) is 31.4 Å². The van der Waals surface area contributed by atoms with E-state index in [0.717, 1.165) is 24.3 Å². The molecule has 0 radical (unpaired) electrons. The van der Waals surface area contributed by atoms with Crippen molar-refractivity contribution in [1.82, 2.24) is 4.57 Å². The van der Waals surface area contributed by atoms with E-state index >= 15 is 0 Å². The second-order valence-electron chi connectivity index (χ2n) is 6.12. The highest BCUT2D eigenvalue weighted by molar-refractivity contribution is 5.89. The molecule has 126 valence electrons. The molecule has 0 N–H and O–H groups in total. The fourth-order valence-electron chi connectivity index (χ4n) is 3.02. The lowest BCUT2D eigenvalue weighted by Gasteiger charge is -2.30. The summed E-state index contributed by atoms with van der Waals surface area (Å²) < 4.78 is 6.83. The van der Waals surface area contributed by atoms with Crippen LogP contribution >= 0.6 is 0 Å². The Balaban J connectivity index is 1.71. The number of rotatable bonds is 4. The maximum absolute atomic E-state index is 12.2. The third-order valence-corrected chi connectivity index (χ3v) is 4.37. The summed E-state index contributed by atoms with van der Waals surface area (Å²) >= 11 is 0. The van der Waals surface area contributed by atoms with Crippen molar-refractivity contribution in [2.45, 2.75) is 25.9 Å². The minimum Gasteiger partial charge on any atom is -0.457 e. The van der Waals surface area contributed by atoms with Crippen molar-refractivity contribution in [3.63, 3.8) is 0 Å². The number of benzene rings is 1. The molecule has 1 fully saturated rings. The summed E-state index contributed by atoms with van der Waals surface area (Å²) in [6.07, 6.45) is 5.18. The number of hydrogen-bond acceptors (Lipinski definition) is 4. The fraction of sp³-hybridized carbons (Fsp3) is 0.368. The maximum atomic E-state index is 12.2. The van der Waals surface area contributed by atoms with Crippen LogP contribution < -0.4 is 10.5 Å². The van der Waals surface area contributed by atoms with Crippen LogP contribution in [0.3, 0.4) is 0 Å². The SMILES string of the molecule is Cn1cc(C(=O)OCc2ccccc2N2CCCCC2)ccc1=O. The first-order chi connectivity index (χ1) is 11.6. The highest BCUT2D eigenvalue weighted by Crippen LogP contribution is 2.24. The van der Waals surface area contributed by atoms with E-state index < -0.39 is 5.97 Å². The van der Waals surface area contributed by atoms with Gasteiger partial charge in [0.05, 0.1) is 5.56 Å². The summed E-state index contributed by atoms with van der Waals surface area (Å²) in [5, 5.41) is 0. The van der Waals surface area contributed by atoms with Crippen LogP contribution in [0.1, 0.15) is 35.2 Å². The number of nitrogens with zero attached hydrogens (tertiary/aromatic N) is 2. The molecule has 0 atom stereocenters. The van der Waals surface area contributed by atoms with Gasteiger partial charge < -0.3 is 14.2 Å². The van der Waals surface area contributed by atoms with E-state index in [4.69, 9.17) is 4.74 Å². The number of anilines is 1. The first-order valence-corrected chi connectivity index (χ1v) is 8.32. The van der Waals surface area contributed by atoms with Gasteiger partial charge in [0.15, 0.2) is 0 Å². The molecule has 1 aromatic carbocycles. The highest BCUT2D eigenvalue weighted by atomic mass is 16.5. The largest absolute Gasteiger partial charge is 0.457 e. The number of hydrogen-bond donors (Lipinski definition) is 0. The second-order valence-corrected chi connectivity index (χ2v) is 6.12. The zero-order chi connectivity index (χ0) is 16.9. The number of piperidine rings is 1. The van der Waals surface area contributed by atoms with Crippen molar-refractivity contribution in [3.8, 4) is 0 Å². The third-order valence-electron chi connectivity index (χ3n) is 4.37. The molecule has 0 saturated carbocycles. The van der Waals surface area contributed by atoms with Crippen molar-refractivity contribution >= 4 is 11.7 Å². The topological polar surface area (TPSA) is 51.5 Å². The van der Waals surface area contributed by atoms with Crippen LogP contribution in [0.25, 0.3) is 0 Å². The number of carbonyl (C=O) groups is 1. The third kappa shape index (κ3) is 3.67. The lowest BCUT2D eigenvalue weighted by molar-refractivity contribution is 0.0472. The van der Waals surface area contributed by atoms with E-state index in [9.17, 15) is 9.59 Å². The predicted octanol–water partition coefficient (Wildman–Crippen LogP) is 2.73. The number of aromatic nitrogens is 1. The minimum atomic E-state index is -0.418. The molecule has 5 nitrogen and oxygen atoms in total. The van der Waals surface area contributed by atoms with Gasteiger partial charge in [0.1, 0.15) is 6.61 Å². The van der Waals surface area contributed by atoms with Gasteiger partial charge in [0.25, 0.3) is 0 Å². The summed E-state index contributed by atoms with van der Waals surface area (Å²) in [5.41, 5.74) is 2.39. The van der Waals surface area contributed by atoms with E-state index in [2.05, 4.69) is 11.0 Å². The van der Waals surface area contributed by atoms with Crippen molar-refractivity contribution in [2.75, 3.05) is 18.0 Å². The van der Waals surface area contributed by atoms with E-state index in [0.29, 0.717) is 5.56 Å². The normalized spacial score (nSPS) is 14.5. The number of aryl methyl sites for hydroxylation is 1. The molecule has 1 aromatic heterocycles. The van der Waals surface area contributed by atoms with Gasteiger partial charge in [0, 0.05) is 43.7 Å². The molecular formula is C19H22N2O3. The molecule has 1 saturated heterocycles. The molecule has 2 heterocycles. The van der Waals surface area contributed by atoms with Crippen molar-refractivity contribution in [1.29, 1.82) is 0 Å². The van der Waals surface area contributed by atoms with Crippen LogP contribution in [0, 0.1) is 0 Å². The van der Waals surface area contributed by atoms with Crippen LogP contribution in [-0.4, -0.2) is 23.6 Å². The van der Waals surface area contributed by atoms with E-state index in [1.165, 1.54) is 42.2 Å². The summed E-state index contributed by atoms with van der Waals surface area (Å²) in [5.74, 6) is -0.418. The van der Waals surface area contributed by atoms with Crippen molar-refractivity contribution < 1.29 is 9.53 Å². The molecule has 2 aromatic rings. The predicted molar refractivity (Wildman–Crippen MR) is 93.3 cm³/mol. The van der Waals surface area contributed by atoms with Crippen LogP contribution in [0.15, 0.2) is 47.4 Å². The highest BCUT2D eigenvalue weighted by Gasteiger charge is 2.15. The molecular weight excluding hydrogens is 304 g/mol. The molecule has 0 amide bonds. The lowest BCUT2D eigenvalue weighted by Crippen LogP contribution is -2.30. The Hall–Kier alpha value is -2.56. The molecule has 24 heavy (non-hydrogen) atoms. The van der Waals surface area contributed by atoms with Crippen molar-refractivity contribution in [2.24, 2.45) is 7.05 Å². The van der Waals surface area contributed by atoms with E-state index in [-0.39, 0.29) is 12.2 Å². The molecule has 0 bridgehead atoms. The molecule has 0 spiro atoms. The molecule has 1 aliphatic rings. The molecule has 0 unspecified atom stereocenters. The summed E-state index contributed by atoms with van der Waals surface area (Å²) in [7, 11) is 1.62. The minimum absolute atomic E-state index is 0.151. The van der Waals surface area contributed by atoms with Crippen LogP contribution in [-0.2, 0) is 18.4 Å². The fourth-order valence-corrected chi connectivity index (χ4v) is 3.02. The molecule has 5 heteroatoms. The zero-order valence-electron chi connectivity index (χ0n) is 13.9. The Bertz CT molecular complexity index is 776. The Kier molecular flexibility index (Phi) is 4.99. The van der Waals surface area contributed by atoms with Crippen LogP contribution in [0.5, 0.6) is 0 Å². The van der Waals surface area contributed by atoms with Crippen LogP contribution in [0.2, 0.25) is 0 Å². The molecule has 1 aliphatic heterocycles. The van der Waals surface area contributed by atoms with E-state index in [1.54, 1.807) is 7.05 Å². The summed E-state index contributed by atoms with van der Waals surface area (Å²) in [6.45, 7) is 2.33. The van der Waals surface area contributed by atoms with Gasteiger partial charge in [-0.1, -0.05) is 18.2 Å². The van der Waals surface area contributed by atoms with Crippen molar-refractivity contribution in [3.05, 3.63) is 64.1 Å².